The summed E-state index contributed by atoms with van der Waals surface area (Å²) in [5.41, 5.74) is 6.52. The van der Waals surface area contributed by atoms with Crippen LogP contribution in [0.15, 0.2) is 30.3 Å². The van der Waals surface area contributed by atoms with Crippen LogP contribution in [-0.2, 0) is 19.3 Å². The van der Waals surface area contributed by atoms with E-state index in [0.29, 0.717) is 0 Å². The van der Waals surface area contributed by atoms with E-state index in [0.717, 1.165) is 0 Å². The number of fused-ring (bicyclic) bond motifs is 6. The van der Waals surface area contributed by atoms with E-state index in [2.05, 4.69) is 36.4 Å². The standard InChI is InChI=1S/C18H18/c1-2-8-14-13(7-1)15-9-3-4-11-17(15)18-12-6-5-10-16(14)18/h1-3,7-9H,4-6,10-12H2. The molecule has 18 heavy (non-hydrogen) atoms. The van der Waals surface area contributed by atoms with Gasteiger partial charge >= 0.3 is 0 Å². The number of aryl methyl sites for hydroxylation is 1. The fraction of sp³-hybridized carbons (Fsp3) is 0.333. The van der Waals surface area contributed by atoms with Gasteiger partial charge < -0.3 is 0 Å². The Kier molecular flexibility index (Phi) is 2.29. The fourth-order valence-corrected chi connectivity index (χ4v) is 3.75. The van der Waals surface area contributed by atoms with E-state index >= 15 is 0 Å². The predicted molar refractivity (Wildman–Crippen MR) is 77.9 cm³/mol. The average Bonchev–Trinajstić information content (AvgIpc) is 2.48. The summed E-state index contributed by atoms with van der Waals surface area (Å²) in [6.45, 7) is 0. The van der Waals surface area contributed by atoms with Crippen molar-refractivity contribution in [3.63, 3.8) is 0 Å². The largest absolute Gasteiger partial charge is 0.0836 e. The van der Waals surface area contributed by atoms with Gasteiger partial charge in [-0.05, 0) is 71.6 Å². The first-order chi connectivity index (χ1) is 8.95. The second-order valence-corrected chi connectivity index (χ2v) is 5.54. The van der Waals surface area contributed by atoms with Crippen LogP contribution in [0.5, 0.6) is 0 Å². The lowest BCUT2D eigenvalue weighted by atomic mass is 9.79. The quantitative estimate of drug-likeness (QED) is 0.621. The maximum atomic E-state index is 2.36. The zero-order valence-corrected chi connectivity index (χ0v) is 10.7. The zero-order chi connectivity index (χ0) is 11.9. The molecule has 0 fully saturated rings. The van der Waals surface area contributed by atoms with Gasteiger partial charge in [0.25, 0.3) is 0 Å². The second-order valence-electron chi connectivity index (χ2n) is 5.54. The zero-order valence-electron chi connectivity index (χ0n) is 10.7. The number of rotatable bonds is 0. The van der Waals surface area contributed by atoms with Crippen LogP contribution >= 0.6 is 0 Å². The minimum atomic E-state index is 1.22. The van der Waals surface area contributed by atoms with Gasteiger partial charge in [0.15, 0.2) is 0 Å². The highest BCUT2D eigenvalue weighted by molar-refractivity contribution is 5.96. The van der Waals surface area contributed by atoms with E-state index in [9.17, 15) is 0 Å². The van der Waals surface area contributed by atoms with E-state index < -0.39 is 0 Å². The van der Waals surface area contributed by atoms with E-state index in [-0.39, 0.29) is 0 Å². The first kappa shape index (κ1) is 10.4. The van der Waals surface area contributed by atoms with Crippen molar-refractivity contribution in [1.29, 1.82) is 0 Å². The predicted octanol–water partition coefficient (Wildman–Crippen LogP) is 4.68. The van der Waals surface area contributed by atoms with Crippen molar-refractivity contribution in [2.24, 2.45) is 0 Å². The highest BCUT2D eigenvalue weighted by Crippen LogP contribution is 2.38. The summed E-state index contributed by atoms with van der Waals surface area (Å²) in [4.78, 5) is 0. The Labute approximate surface area is 108 Å². The van der Waals surface area contributed by atoms with Gasteiger partial charge in [-0.15, -0.1) is 0 Å². The molecule has 0 heteroatoms. The van der Waals surface area contributed by atoms with Crippen LogP contribution in [0.3, 0.4) is 0 Å². The molecule has 2 aromatic carbocycles. The lowest BCUT2D eigenvalue weighted by Gasteiger charge is -2.26. The maximum absolute atomic E-state index is 2.36. The molecule has 0 N–H and O–H groups in total. The van der Waals surface area contributed by atoms with Crippen molar-refractivity contribution in [2.75, 3.05) is 0 Å². The van der Waals surface area contributed by atoms with Crippen LogP contribution in [-0.4, -0.2) is 0 Å². The Morgan fingerprint density at radius 1 is 0.722 bits per heavy atom. The van der Waals surface area contributed by atoms with Gasteiger partial charge in [-0.25, -0.2) is 0 Å². The van der Waals surface area contributed by atoms with Gasteiger partial charge in [0.05, 0.1) is 0 Å². The van der Waals surface area contributed by atoms with Gasteiger partial charge in [0.2, 0.25) is 0 Å². The molecule has 2 aliphatic carbocycles. The van der Waals surface area contributed by atoms with Crippen molar-refractivity contribution in [3.05, 3.63) is 52.6 Å². The smallest absolute Gasteiger partial charge is 0.0106 e. The molecule has 0 heterocycles. The van der Waals surface area contributed by atoms with Crippen LogP contribution in [0.4, 0.5) is 0 Å². The Hall–Kier alpha value is -1.56. The van der Waals surface area contributed by atoms with Crippen LogP contribution in [0, 0.1) is 0 Å². The SMILES string of the molecule is C1=Cc2c(c3c(c4ccccc24)CCCC3)CC1. The average molecular weight is 234 g/mol. The van der Waals surface area contributed by atoms with Gasteiger partial charge in [-0.3, -0.25) is 0 Å². The summed E-state index contributed by atoms with van der Waals surface area (Å²) >= 11 is 0. The second kappa shape index (κ2) is 3.98. The molecule has 0 bridgehead atoms. The Morgan fingerprint density at radius 3 is 2.39 bits per heavy atom. The molecule has 0 radical (unpaired) electrons. The number of allylic oxidation sites excluding steroid dienone is 1. The third kappa shape index (κ3) is 1.38. The first-order valence-corrected chi connectivity index (χ1v) is 7.17. The van der Waals surface area contributed by atoms with Crippen LogP contribution in [0.1, 0.15) is 41.5 Å². The number of benzene rings is 2. The fourth-order valence-electron chi connectivity index (χ4n) is 3.75. The highest BCUT2D eigenvalue weighted by atomic mass is 14.2. The van der Waals surface area contributed by atoms with Crippen molar-refractivity contribution in [1.82, 2.24) is 0 Å². The maximum Gasteiger partial charge on any atom is -0.0106 e. The third-order valence-electron chi connectivity index (χ3n) is 4.55. The molecule has 0 amide bonds. The summed E-state index contributed by atoms with van der Waals surface area (Å²) < 4.78 is 0. The van der Waals surface area contributed by atoms with E-state index in [4.69, 9.17) is 0 Å². The highest BCUT2D eigenvalue weighted by Gasteiger charge is 2.20. The van der Waals surface area contributed by atoms with Gasteiger partial charge in [-0.2, -0.15) is 0 Å². The van der Waals surface area contributed by atoms with Crippen molar-refractivity contribution < 1.29 is 0 Å². The van der Waals surface area contributed by atoms with Crippen molar-refractivity contribution >= 4 is 16.8 Å². The van der Waals surface area contributed by atoms with E-state index in [1.807, 2.05) is 0 Å². The van der Waals surface area contributed by atoms with Crippen LogP contribution in [0.2, 0.25) is 0 Å². The minimum Gasteiger partial charge on any atom is -0.0836 e. The molecule has 0 aromatic heterocycles. The van der Waals surface area contributed by atoms with E-state index in [1.165, 1.54) is 54.9 Å². The molecule has 0 atom stereocenters. The van der Waals surface area contributed by atoms with Crippen LogP contribution in [0.25, 0.3) is 16.8 Å². The van der Waals surface area contributed by atoms with Gasteiger partial charge in [-0.1, -0.05) is 36.4 Å². The first-order valence-electron chi connectivity index (χ1n) is 7.17. The topological polar surface area (TPSA) is 0 Å². The normalized spacial score (nSPS) is 17.6. The molecule has 0 saturated heterocycles. The molecule has 0 saturated carbocycles. The number of hydrogen-bond donors (Lipinski definition) is 0. The molecular formula is C18H18. The minimum absolute atomic E-state index is 1.22. The summed E-state index contributed by atoms with van der Waals surface area (Å²) in [6.07, 6.45) is 12.5. The summed E-state index contributed by atoms with van der Waals surface area (Å²) in [6, 6.07) is 9.00. The molecule has 0 nitrogen and oxygen atoms in total. The Morgan fingerprint density at radius 2 is 1.50 bits per heavy atom. The molecule has 2 aliphatic rings. The van der Waals surface area contributed by atoms with Gasteiger partial charge in [0, 0.05) is 0 Å². The Balaban J connectivity index is 2.16. The lowest BCUT2D eigenvalue weighted by molar-refractivity contribution is 0.681. The van der Waals surface area contributed by atoms with Gasteiger partial charge in [0.1, 0.15) is 0 Å². The molecule has 2 aromatic rings. The molecule has 0 aliphatic heterocycles. The summed E-state index contributed by atoms with van der Waals surface area (Å²) in [5.74, 6) is 0. The lowest BCUT2D eigenvalue weighted by Crippen LogP contribution is -2.10. The molecular weight excluding hydrogens is 216 g/mol. The molecule has 4 rings (SSSR count). The Bertz CT molecular complexity index is 647. The van der Waals surface area contributed by atoms with Crippen molar-refractivity contribution in [2.45, 2.75) is 38.5 Å². The van der Waals surface area contributed by atoms with E-state index in [1.54, 1.807) is 16.7 Å². The third-order valence-corrected chi connectivity index (χ3v) is 4.55. The molecule has 0 spiro atoms. The number of hydrogen-bond acceptors (Lipinski definition) is 0. The van der Waals surface area contributed by atoms with Crippen LogP contribution < -0.4 is 0 Å². The monoisotopic (exact) mass is 234 g/mol. The summed E-state index contributed by atoms with van der Waals surface area (Å²) in [5, 5.41) is 2.99. The molecule has 90 valence electrons. The van der Waals surface area contributed by atoms with Crippen molar-refractivity contribution in [3.8, 4) is 0 Å². The summed E-state index contributed by atoms with van der Waals surface area (Å²) in [7, 11) is 0. The molecule has 0 unspecified atom stereocenters.